The van der Waals surface area contributed by atoms with Crippen molar-refractivity contribution in [3.8, 4) is 0 Å². The second-order valence-electron chi connectivity index (χ2n) is 6.85. The van der Waals surface area contributed by atoms with Crippen molar-refractivity contribution in [2.24, 2.45) is 0 Å². The first kappa shape index (κ1) is 18.0. The fraction of sp³-hybridized carbons (Fsp3) is 0.167. The second kappa shape index (κ2) is 8.09. The minimum atomic E-state index is -0.0235. The number of benzene rings is 3. The van der Waals surface area contributed by atoms with Crippen molar-refractivity contribution in [3.63, 3.8) is 0 Å². The molecule has 4 aromatic rings. The molecule has 3 aromatic carbocycles. The van der Waals surface area contributed by atoms with Crippen LogP contribution < -0.4 is 5.32 Å². The van der Waals surface area contributed by atoms with Gasteiger partial charge in [0.2, 0.25) is 5.91 Å². The average Bonchev–Trinajstić information content (AvgIpc) is 3.11. The van der Waals surface area contributed by atoms with Crippen LogP contribution in [0.5, 0.6) is 0 Å². The zero-order valence-electron chi connectivity index (χ0n) is 15.8. The number of rotatable bonds is 6. The Morgan fingerprint density at radius 3 is 2.43 bits per heavy atom. The van der Waals surface area contributed by atoms with Gasteiger partial charge in [0.25, 0.3) is 0 Å². The Hall–Kier alpha value is -3.40. The van der Waals surface area contributed by atoms with Gasteiger partial charge in [-0.15, -0.1) is 0 Å². The second-order valence-corrected chi connectivity index (χ2v) is 6.85. The van der Waals surface area contributed by atoms with Crippen LogP contribution in [0.3, 0.4) is 0 Å². The van der Waals surface area contributed by atoms with Crippen LogP contribution in [0.1, 0.15) is 29.5 Å². The van der Waals surface area contributed by atoms with E-state index in [0.717, 1.165) is 34.3 Å². The quantitative estimate of drug-likeness (QED) is 0.510. The smallest absolute Gasteiger partial charge is 0.228 e. The van der Waals surface area contributed by atoms with E-state index in [1.165, 1.54) is 5.56 Å². The van der Waals surface area contributed by atoms with Gasteiger partial charge >= 0.3 is 0 Å². The summed E-state index contributed by atoms with van der Waals surface area (Å²) in [5.74, 6) is 0.675. The molecule has 0 atom stereocenters. The monoisotopic (exact) mass is 370 g/mol. The third-order valence-corrected chi connectivity index (χ3v) is 4.71. The molecule has 0 bridgehead atoms. The number of oxazole rings is 1. The van der Waals surface area contributed by atoms with E-state index in [1.807, 2.05) is 60.7 Å². The number of nitrogens with zero attached hydrogens (tertiary/aromatic N) is 1. The van der Waals surface area contributed by atoms with E-state index in [0.29, 0.717) is 18.7 Å². The molecule has 1 amide bonds. The third kappa shape index (κ3) is 4.29. The number of nitrogens with one attached hydrogen (secondary N) is 1. The third-order valence-electron chi connectivity index (χ3n) is 4.71. The zero-order valence-corrected chi connectivity index (χ0v) is 15.8. The molecule has 0 spiro atoms. The van der Waals surface area contributed by atoms with E-state index >= 15 is 0 Å². The summed E-state index contributed by atoms with van der Waals surface area (Å²) in [5, 5.41) is 2.94. The average molecular weight is 370 g/mol. The largest absolute Gasteiger partial charge is 0.440 e. The molecule has 4 heteroatoms. The number of aryl methyl sites for hydroxylation is 1. The van der Waals surface area contributed by atoms with Gasteiger partial charge in [-0.05, 0) is 47.4 Å². The maximum atomic E-state index is 12.2. The van der Waals surface area contributed by atoms with Gasteiger partial charge in [0.05, 0.1) is 6.42 Å². The normalized spacial score (nSPS) is 10.9. The first-order valence-electron chi connectivity index (χ1n) is 9.50. The lowest BCUT2D eigenvalue weighted by Crippen LogP contribution is -2.14. The maximum Gasteiger partial charge on any atom is 0.228 e. The van der Waals surface area contributed by atoms with Crippen molar-refractivity contribution in [1.82, 2.24) is 4.98 Å². The number of amides is 1. The van der Waals surface area contributed by atoms with Gasteiger partial charge in [0, 0.05) is 12.1 Å². The van der Waals surface area contributed by atoms with Gasteiger partial charge in [0.1, 0.15) is 5.52 Å². The Balaban J connectivity index is 1.40. The Bertz CT molecular complexity index is 1080. The van der Waals surface area contributed by atoms with E-state index in [9.17, 15) is 4.79 Å². The topological polar surface area (TPSA) is 55.1 Å². The number of fused-ring (bicyclic) bond motifs is 1. The number of aromatic nitrogens is 1. The molecule has 0 radical (unpaired) electrons. The van der Waals surface area contributed by atoms with Crippen LogP contribution in [-0.2, 0) is 24.1 Å². The van der Waals surface area contributed by atoms with Crippen LogP contribution in [0.15, 0.2) is 77.2 Å². The van der Waals surface area contributed by atoms with Crippen LogP contribution in [0.2, 0.25) is 0 Å². The number of hydrogen-bond acceptors (Lipinski definition) is 3. The first-order chi connectivity index (χ1) is 13.7. The van der Waals surface area contributed by atoms with Gasteiger partial charge in [-0.25, -0.2) is 4.98 Å². The number of anilines is 1. The minimum Gasteiger partial charge on any atom is -0.440 e. The fourth-order valence-corrected chi connectivity index (χ4v) is 3.18. The molecule has 0 saturated carbocycles. The molecule has 1 heterocycles. The zero-order chi connectivity index (χ0) is 19.3. The first-order valence-corrected chi connectivity index (χ1v) is 9.50. The molecule has 28 heavy (non-hydrogen) atoms. The SMILES string of the molecule is CCc1ccc2oc(Cc3ccc(NC(=O)Cc4ccccc4)cc3)nc2c1. The Labute approximate surface area is 164 Å². The van der Waals surface area contributed by atoms with E-state index in [4.69, 9.17) is 4.42 Å². The maximum absolute atomic E-state index is 12.2. The van der Waals surface area contributed by atoms with Crippen LogP contribution in [-0.4, -0.2) is 10.9 Å². The standard InChI is InChI=1S/C24H22N2O2/c1-2-17-10-13-22-21(14-17)26-24(28-22)16-19-8-11-20(12-9-19)25-23(27)15-18-6-4-3-5-7-18/h3-14H,2,15-16H2,1H3,(H,25,27). The Kier molecular flexibility index (Phi) is 5.20. The molecule has 0 aliphatic carbocycles. The summed E-state index contributed by atoms with van der Waals surface area (Å²) in [6.45, 7) is 2.13. The van der Waals surface area contributed by atoms with E-state index in [1.54, 1.807) is 0 Å². The lowest BCUT2D eigenvalue weighted by Gasteiger charge is -2.06. The summed E-state index contributed by atoms with van der Waals surface area (Å²) in [7, 11) is 0. The fourth-order valence-electron chi connectivity index (χ4n) is 3.18. The molecule has 0 unspecified atom stereocenters. The van der Waals surface area contributed by atoms with Gasteiger partial charge in [0.15, 0.2) is 11.5 Å². The van der Waals surface area contributed by atoms with Gasteiger partial charge < -0.3 is 9.73 Å². The summed E-state index contributed by atoms with van der Waals surface area (Å²) in [6.07, 6.45) is 1.97. The molecular weight excluding hydrogens is 348 g/mol. The molecular formula is C24H22N2O2. The van der Waals surface area contributed by atoms with Crippen molar-refractivity contribution in [2.75, 3.05) is 5.32 Å². The van der Waals surface area contributed by atoms with Crippen LogP contribution >= 0.6 is 0 Å². The lowest BCUT2D eigenvalue weighted by atomic mass is 10.1. The van der Waals surface area contributed by atoms with Crippen molar-refractivity contribution >= 4 is 22.7 Å². The summed E-state index contributed by atoms with van der Waals surface area (Å²) >= 11 is 0. The summed E-state index contributed by atoms with van der Waals surface area (Å²) < 4.78 is 5.85. The van der Waals surface area contributed by atoms with Crippen LogP contribution in [0, 0.1) is 0 Å². The molecule has 1 N–H and O–H groups in total. The Morgan fingerprint density at radius 1 is 0.929 bits per heavy atom. The van der Waals surface area contributed by atoms with Crippen molar-refractivity contribution in [3.05, 3.63) is 95.4 Å². The van der Waals surface area contributed by atoms with E-state index < -0.39 is 0 Å². The van der Waals surface area contributed by atoms with E-state index in [-0.39, 0.29) is 5.91 Å². The summed E-state index contributed by atoms with van der Waals surface area (Å²) in [5.41, 5.74) is 5.84. The van der Waals surface area contributed by atoms with Gasteiger partial charge in [-0.1, -0.05) is 55.5 Å². The number of carbonyl (C=O) groups is 1. The van der Waals surface area contributed by atoms with Gasteiger partial charge in [-0.2, -0.15) is 0 Å². The molecule has 0 saturated heterocycles. The van der Waals surface area contributed by atoms with Crippen LogP contribution in [0.25, 0.3) is 11.1 Å². The Morgan fingerprint density at radius 2 is 1.68 bits per heavy atom. The van der Waals surface area contributed by atoms with Gasteiger partial charge in [-0.3, -0.25) is 4.79 Å². The summed E-state index contributed by atoms with van der Waals surface area (Å²) in [6, 6.07) is 23.7. The molecule has 0 aliphatic rings. The molecule has 1 aromatic heterocycles. The van der Waals surface area contributed by atoms with Crippen molar-refractivity contribution < 1.29 is 9.21 Å². The molecule has 0 aliphatic heterocycles. The predicted molar refractivity (Wildman–Crippen MR) is 111 cm³/mol. The highest BCUT2D eigenvalue weighted by molar-refractivity contribution is 5.92. The molecule has 140 valence electrons. The van der Waals surface area contributed by atoms with Crippen molar-refractivity contribution in [2.45, 2.75) is 26.2 Å². The van der Waals surface area contributed by atoms with Crippen molar-refractivity contribution in [1.29, 1.82) is 0 Å². The predicted octanol–water partition coefficient (Wildman–Crippen LogP) is 5.16. The number of carbonyl (C=O) groups excluding carboxylic acids is 1. The highest BCUT2D eigenvalue weighted by Crippen LogP contribution is 2.20. The van der Waals surface area contributed by atoms with Crippen LogP contribution in [0.4, 0.5) is 5.69 Å². The minimum absolute atomic E-state index is 0.0235. The van der Waals surface area contributed by atoms with E-state index in [2.05, 4.69) is 29.4 Å². The highest BCUT2D eigenvalue weighted by Gasteiger charge is 2.08. The molecule has 4 rings (SSSR count). The number of hydrogen-bond donors (Lipinski definition) is 1. The highest BCUT2D eigenvalue weighted by atomic mass is 16.3. The molecule has 0 fully saturated rings. The summed E-state index contributed by atoms with van der Waals surface area (Å²) in [4.78, 5) is 16.8. The lowest BCUT2D eigenvalue weighted by molar-refractivity contribution is -0.115. The molecule has 4 nitrogen and oxygen atoms in total.